The van der Waals surface area contributed by atoms with E-state index in [1.54, 1.807) is 41.6 Å². The zero-order chi connectivity index (χ0) is 15.7. The molecular weight excluding hydrogens is 296 g/mol. The molecule has 1 amide bonds. The zero-order valence-electron chi connectivity index (χ0n) is 12.4. The molecule has 0 bridgehead atoms. The highest BCUT2D eigenvalue weighted by Gasteiger charge is 2.17. The fourth-order valence-electron chi connectivity index (χ4n) is 2.39. The largest absolute Gasteiger partial charge is 0.507 e. The van der Waals surface area contributed by atoms with Crippen molar-refractivity contribution in [1.82, 2.24) is 9.88 Å². The fraction of sp³-hybridized carbons (Fsp3) is 0.176. The summed E-state index contributed by atoms with van der Waals surface area (Å²) in [5.74, 6) is -0.189. The average Bonchev–Trinajstić information content (AvgIpc) is 2.91. The summed E-state index contributed by atoms with van der Waals surface area (Å²) in [6.07, 6.45) is 1.78. The van der Waals surface area contributed by atoms with Gasteiger partial charge in [0.1, 0.15) is 5.75 Å². The number of fused-ring (bicyclic) bond motifs is 1. The predicted molar refractivity (Wildman–Crippen MR) is 88.3 cm³/mol. The van der Waals surface area contributed by atoms with Gasteiger partial charge in [0.25, 0.3) is 5.91 Å². The minimum Gasteiger partial charge on any atom is -0.507 e. The van der Waals surface area contributed by atoms with Gasteiger partial charge in [-0.25, -0.2) is 4.98 Å². The maximum Gasteiger partial charge on any atom is 0.257 e. The third-order valence-corrected chi connectivity index (χ3v) is 4.40. The first-order chi connectivity index (χ1) is 10.5. The highest BCUT2D eigenvalue weighted by Crippen LogP contribution is 2.26. The predicted octanol–water partition coefficient (Wildman–Crippen LogP) is 3.58. The van der Waals surface area contributed by atoms with Crippen molar-refractivity contribution in [2.45, 2.75) is 13.5 Å². The molecule has 1 aromatic heterocycles. The van der Waals surface area contributed by atoms with E-state index in [9.17, 15) is 9.90 Å². The average molecular weight is 312 g/mol. The van der Waals surface area contributed by atoms with E-state index < -0.39 is 0 Å². The third kappa shape index (κ3) is 2.80. The Balaban J connectivity index is 1.89. The molecule has 0 saturated heterocycles. The van der Waals surface area contributed by atoms with Gasteiger partial charge in [0, 0.05) is 18.1 Å². The van der Waals surface area contributed by atoms with E-state index in [0.717, 1.165) is 20.7 Å². The lowest BCUT2D eigenvalue weighted by molar-refractivity contribution is 0.0783. The Morgan fingerprint density at radius 3 is 2.59 bits per heavy atom. The molecule has 22 heavy (non-hydrogen) atoms. The number of amides is 1. The number of hydrogen-bond acceptors (Lipinski definition) is 4. The van der Waals surface area contributed by atoms with E-state index in [2.05, 4.69) is 4.98 Å². The lowest BCUT2D eigenvalue weighted by atomic mass is 10.1. The van der Waals surface area contributed by atoms with E-state index in [1.165, 1.54) is 0 Å². The molecule has 0 spiro atoms. The summed E-state index contributed by atoms with van der Waals surface area (Å²) in [7, 11) is 1.73. The highest BCUT2D eigenvalue weighted by molar-refractivity contribution is 7.11. The molecule has 0 aliphatic carbocycles. The number of hydrogen-bond donors (Lipinski definition) is 1. The third-order valence-electron chi connectivity index (χ3n) is 3.50. The van der Waals surface area contributed by atoms with Gasteiger partial charge in [-0.05, 0) is 29.8 Å². The van der Waals surface area contributed by atoms with Crippen molar-refractivity contribution in [1.29, 1.82) is 0 Å². The number of thiazole rings is 1. The van der Waals surface area contributed by atoms with Crippen molar-refractivity contribution >= 4 is 28.0 Å². The highest BCUT2D eigenvalue weighted by atomic mass is 32.1. The molecule has 0 unspecified atom stereocenters. The molecule has 1 N–H and O–H groups in total. The van der Waals surface area contributed by atoms with Crippen molar-refractivity contribution in [3.8, 4) is 5.75 Å². The number of aryl methyl sites for hydroxylation is 1. The maximum absolute atomic E-state index is 12.6. The second-order valence-electron chi connectivity index (χ2n) is 5.22. The van der Waals surface area contributed by atoms with Crippen LogP contribution >= 0.6 is 11.3 Å². The monoisotopic (exact) mass is 312 g/mol. The van der Waals surface area contributed by atoms with Gasteiger partial charge in [0.15, 0.2) is 0 Å². The number of phenolic OH excluding ortho intramolecular Hbond substituents is 1. The lowest BCUT2D eigenvalue weighted by Gasteiger charge is -2.17. The molecule has 2 aromatic carbocycles. The van der Waals surface area contributed by atoms with Crippen LogP contribution in [0.4, 0.5) is 0 Å². The minimum atomic E-state index is -0.200. The van der Waals surface area contributed by atoms with Crippen LogP contribution in [0.5, 0.6) is 5.75 Å². The van der Waals surface area contributed by atoms with Crippen LogP contribution in [0.25, 0.3) is 10.8 Å². The Bertz CT molecular complexity index is 842. The van der Waals surface area contributed by atoms with Crippen LogP contribution in [0.2, 0.25) is 0 Å². The Labute approximate surface area is 132 Å². The Morgan fingerprint density at radius 2 is 1.95 bits per heavy atom. The fourth-order valence-corrected chi connectivity index (χ4v) is 3.24. The normalized spacial score (nSPS) is 10.8. The van der Waals surface area contributed by atoms with Crippen LogP contribution in [-0.2, 0) is 6.54 Å². The molecule has 3 rings (SSSR count). The number of benzene rings is 2. The summed E-state index contributed by atoms with van der Waals surface area (Å²) in [5, 5.41) is 13.0. The minimum absolute atomic E-state index is 0.0102. The van der Waals surface area contributed by atoms with Crippen molar-refractivity contribution in [3.05, 3.63) is 58.0 Å². The van der Waals surface area contributed by atoms with E-state index in [0.29, 0.717) is 12.1 Å². The molecule has 0 fully saturated rings. The quantitative estimate of drug-likeness (QED) is 0.804. The van der Waals surface area contributed by atoms with Gasteiger partial charge in [0.05, 0.1) is 17.1 Å². The standard InChI is InChI=1S/C17H16N2O2S/c1-11-18-9-14(22-11)10-19(2)17(21)15-7-12-5-3-4-6-13(12)8-16(15)20/h3-9,20H,10H2,1-2H3. The second kappa shape index (κ2) is 5.77. The first-order valence-electron chi connectivity index (χ1n) is 6.93. The van der Waals surface area contributed by atoms with Crippen LogP contribution in [0.15, 0.2) is 42.6 Å². The maximum atomic E-state index is 12.6. The van der Waals surface area contributed by atoms with Crippen molar-refractivity contribution in [2.24, 2.45) is 0 Å². The summed E-state index contributed by atoms with van der Waals surface area (Å²) in [4.78, 5) is 19.4. The topological polar surface area (TPSA) is 53.4 Å². The van der Waals surface area contributed by atoms with Gasteiger partial charge in [-0.1, -0.05) is 24.3 Å². The molecule has 4 nitrogen and oxygen atoms in total. The van der Waals surface area contributed by atoms with Crippen LogP contribution in [0.1, 0.15) is 20.2 Å². The second-order valence-corrected chi connectivity index (χ2v) is 6.54. The first-order valence-corrected chi connectivity index (χ1v) is 7.75. The molecule has 112 valence electrons. The van der Waals surface area contributed by atoms with Crippen molar-refractivity contribution < 1.29 is 9.90 Å². The summed E-state index contributed by atoms with van der Waals surface area (Å²) in [5.41, 5.74) is 0.322. The van der Waals surface area contributed by atoms with Crippen LogP contribution in [0, 0.1) is 6.92 Å². The van der Waals surface area contributed by atoms with Crippen LogP contribution in [0.3, 0.4) is 0 Å². The molecular formula is C17H16N2O2S. The van der Waals surface area contributed by atoms with Gasteiger partial charge >= 0.3 is 0 Å². The molecule has 0 atom stereocenters. The molecule has 0 aliphatic heterocycles. The number of nitrogens with zero attached hydrogens (tertiary/aromatic N) is 2. The summed E-state index contributed by atoms with van der Waals surface area (Å²) in [6, 6.07) is 11.0. The number of carbonyl (C=O) groups excluding carboxylic acids is 1. The van der Waals surface area contributed by atoms with Crippen LogP contribution in [-0.4, -0.2) is 27.9 Å². The van der Waals surface area contributed by atoms with Gasteiger partial charge in [-0.3, -0.25) is 4.79 Å². The van der Waals surface area contributed by atoms with Gasteiger partial charge in [0.2, 0.25) is 0 Å². The summed E-state index contributed by atoms with van der Waals surface area (Å²) in [6.45, 7) is 2.42. The molecule has 5 heteroatoms. The zero-order valence-corrected chi connectivity index (χ0v) is 13.2. The molecule has 1 heterocycles. The van der Waals surface area contributed by atoms with E-state index in [1.807, 2.05) is 31.2 Å². The Kier molecular flexibility index (Phi) is 3.81. The number of aromatic nitrogens is 1. The number of phenols is 1. The summed E-state index contributed by atoms with van der Waals surface area (Å²) < 4.78 is 0. The smallest absolute Gasteiger partial charge is 0.257 e. The van der Waals surface area contributed by atoms with Gasteiger partial charge in [-0.15, -0.1) is 11.3 Å². The number of carbonyl (C=O) groups is 1. The number of rotatable bonds is 3. The van der Waals surface area contributed by atoms with Crippen molar-refractivity contribution in [3.63, 3.8) is 0 Å². The molecule has 0 aliphatic rings. The van der Waals surface area contributed by atoms with Gasteiger partial charge < -0.3 is 10.0 Å². The molecule has 3 aromatic rings. The van der Waals surface area contributed by atoms with E-state index >= 15 is 0 Å². The van der Waals surface area contributed by atoms with E-state index in [4.69, 9.17) is 0 Å². The summed E-state index contributed by atoms with van der Waals surface area (Å²) >= 11 is 1.57. The molecule has 0 radical (unpaired) electrons. The van der Waals surface area contributed by atoms with E-state index in [-0.39, 0.29) is 11.7 Å². The SMILES string of the molecule is Cc1ncc(CN(C)C(=O)c2cc3ccccc3cc2O)s1. The van der Waals surface area contributed by atoms with Crippen LogP contribution < -0.4 is 0 Å². The molecule has 0 saturated carbocycles. The Hall–Kier alpha value is -2.40. The first kappa shape index (κ1) is 14.5. The number of aromatic hydroxyl groups is 1. The lowest BCUT2D eigenvalue weighted by Crippen LogP contribution is -2.25. The van der Waals surface area contributed by atoms with Crippen molar-refractivity contribution in [2.75, 3.05) is 7.05 Å². The van der Waals surface area contributed by atoms with Gasteiger partial charge in [-0.2, -0.15) is 0 Å². The Morgan fingerprint density at radius 1 is 1.27 bits per heavy atom.